The highest BCUT2D eigenvalue weighted by Crippen LogP contribution is 2.23. The minimum atomic E-state index is 0.313. The number of piperidine rings is 1. The van der Waals surface area contributed by atoms with Crippen LogP contribution in [0.1, 0.15) is 38.8 Å². The van der Waals surface area contributed by atoms with Crippen molar-refractivity contribution in [3.8, 4) is 0 Å². The molecule has 1 aliphatic rings. The van der Waals surface area contributed by atoms with Crippen LogP contribution in [0.4, 0.5) is 5.82 Å². The Balaban J connectivity index is 1.98. The van der Waals surface area contributed by atoms with Crippen LogP contribution in [0.5, 0.6) is 0 Å². The first-order valence-corrected chi connectivity index (χ1v) is 7.02. The molecule has 2 heterocycles. The van der Waals surface area contributed by atoms with Gasteiger partial charge in [0.25, 0.3) is 0 Å². The Morgan fingerprint density at radius 2 is 2.11 bits per heavy atom. The molecule has 0 aromatic carbocycles. The summed E-state index contributed by atoms with van der Waals surface area (Å²) in [6.07, 6.45) is 6.20. The first-order chi connectivity index (χ1) is 8.70. The van der Waals surface area contributed by atoms with E-state index in [4.69, 9.17) is 5.73 Å². The standard InChI is InChI=1S/C14H24N4/c1-3-4-13-9-14(17-10-16-13)18-7-5-12(6-8-18)11(2)15/h9-12H,3-8,15H2,1-2H3. The minimum absolute atomic E-state index is 0.313. The molecule has 1 aromatic heterocycles. The van der Waals surface area contributed by atoms with Gasteiger partial charge in [-0.3, -0.25) is 0 Å². The molecule has 0 aliphatic carbocycles. The number of anilines is 1. The van der Waals surface area contributed by atoms with Crippen LogP contribution in [0.15, 0.2) is 12.4 Å². The van der Waals surface area contributed by atoms with Crippen LogP contribution in [0.25, 0.3) is 0 Å². The maximum Gasteiger partial charge on any atom is 0.132 e. The second-order valence-electron chi connectivity index (χ2n) is 5.30. The Hall–Kier alpha value is -1.16. The smallest absolute Gasteiger partial charge is 0.132 e. The van der Waals surface area contributed by atoms with Gasteiger partial charge < -0.3 is 10.6 Å². The number of nitrogens with two attached hydrogens (primary N) is 1. The molecular weight excluding hydrogens is 224 g/mol. The van der Waals surface area contributed by atoms with Crippen molar-refractivity contribution in [1.29, 1.82) is 0 Å². The molecule has 4 heteroatoms. The minimum Gasteiger partial charge on any atom is -0.356 e. The lowest BCUT2D eigenvalue weighted by atomic mass is 9.91. The van der Waals surface area contributed by atoms with Gasteiger partial charge >= 0.3 is 0 Å². The van der Waals surface area contributed by atoms with E-state index < -0.39 is 0 Å². The molecule has 2 rings (SSSR count). The summed E-state index contributed by atoms with van der Waals surface area (Å²) in [4.78, 5) is 11.1. The molecule has 100 valence electrons. The zero-order valence-electron chi connectivity index (χ0n) is 11.5. The fraction of sp³-hybridized carbons (Fsp3) is 0.714. The molecule has 4 nitrogen and oxygen atoms in total. The Morgan fingerprint density at radius 3 is 2.72 bits per heavy atom. The summed E-state index contributed by atoms with van der Waals surface area (Å²) in [5, 5.41) is 0. The van der Waals surface area contributed by atoms with Gasteiger partial charge in [-0.15, -0.1) is 0 Å². The summed E-state index contributed by atoms with van der Waals surface area (Å²) in [6, 6.07) is 2.45. The van der Waals surface area contributed by atoms with E-state index >= 15 is 0 Å². The molecule has 0 saturated carbocycles. The molecule has 1 aliphatic heterocycles. The first kappa shape index (κ1) is 13.3. The second-order valence-corrected chi connectivity index (χ2v) is 5.30. The van der Waals surface area contributed by atoms with Crippen LogP contribution in [-0.4, -0.2) is 29.1 Å². The van der Waals surface area contributed by atoms with Crippen LogP contribution < -0.4 is 10.6 Å². The fourth-order valence-electron chi connectivity index (χ4n) is 2.61. The van der Waals surface area contributed by atoms with E-state index in [0.717, 1.165) is 37.4 Å². The van der Waals surface area contributed by atoms with Gasteiger partial charge in [-0.25, -0.2) is 9.97 Å². The lowest BCUT2D eigenvalue weighted by Gasteiger charge is -2.34. The zero-order chi connectivity index (χ0) is 13.0. The van der Waals surface area contributed by atoms with Crippen LogP contribution >= 0.6 is 0 Å². The van der Waals surface area contributed by atoms with Crippen LogP contribution in [0, 0.1) is 5.92 Å². The molecule has 1 atom stereocenters. The third-order valence-electron chi connectivity index (χ3n) is 3.82. The molecule has 1 saturated heterocycles. The largest absolute Gasteiger partial charge is 0.356 e. The highest BCUT2D eigenvalue weighted by atomic mass is 15.2. The molecule has 0 bridgehead atoms. The summed E-state index contributed by atoms with van der Waals surface area (Å²) >= 11 is 0. The maximum absolute atomic E-state index is 5.97. The van der Waals surface area contributed by atoms with Crippen molar-refractivity contribution in [3.05, 3.63) is 18.1 Å². The summed E-state index contributed by atoms with van der Waals surface area (Å²) in [5.41, 5.74) is 7.12. The molecule has 0 radical (unpaired) electrons. The van der Waals surface area contributed by atoms with Crippen molar-refractivity contribution in [2.45, 2.75) is 45.6 Å². The van der Waals surface area contributed by atoms with Crippen molar-refractivity contribution in [2.24, 2.45) is 11.7 Å². The Kier molecular flexibility index (Phi) is 4.53. The second kappa shape index (κ2) is 6.14. The number of nitrogens with zero attached hydrogens (tertiary/aromatic N) is 3. The SMILES string of the molecule is CCCc1cc(N2CCC(C(C)N)CC2)ncn1. The van der Waals surface area contributed by atoms with E-state index in [1.54, 1.807) is 6.33 Å². The normalized spacial score (nSPS) is 18.9. The molecule has 0 spiro atoms. The molecule has 2 N–H and O–H groups in total. The molecular formula is C14H24N4. The van der Waals surface area contributed by atoms with Crippen molar-refractivity contribution in [2.75, 3.05) is 18.0 Å². The van der Waals surface area contributed by atoms with Gasteiger partial charge in [0.1, 0.15) is 12.1 Å². The summed E-state index contributed by atoms with van der Waals surface area (Å²) in [6.45, 7) is 6.42. The van der Waals surface area contributed by atoms with Crippen molar-refractivity contribution in [1.82, 2.24) is 9.97 Å². The monoisotopic (exact) mass is 248 g/mol. The summed E-state index contributed by atoms with van der Waals surface area (Å²) in [5.74, 6) is 1.75. The first-order valence-electron chi connectivity index (χ1n) is 7.02. The van der Waals surface area contributed by atoms with Crippen LogP contribution in [0.2, 0.25) is 0 Å². The van der Waals surface area contributed by atoms with E-state index in [2.05, 4.69) is 34.8 Å². The predicted molar refractivity (Wildman–Crippen MR) is 74.6 cm³/mol. The predicted octanol–water partition coefficient (Wildman–Crippen LogP) is 1.99. The third kappa shape index (κ3) is 3.19. The van der Waals surface area contributed by atoms with E-state index in [0.29, 0.717) is 12.0 Å². The van der Waals surface area contributed by atoms with Gasteiger partial charge in [0.15, 0.2) is 0 Å². The Labute approximate surface area is 110 Å². The lowest BCUT2D eigenvalue weighted by molar-refractivity contribution is 0.353. The lowest BCUT2D eigenvalue weighted by Crippen LogP contribution is -2.40. The van der Waals surface area contributed by atoms with Crippen LogP contribution in [-0.2, 0) is 6.42 Å². The van der Waals surface area contributed by atoms with E-state index in [-0.39, 0.29) is 0 Å². The molecule has 1 fully saturated rings. The third-order valence-corrected chi connectivity index (χ3v) is 3.82. The van der Waals surface area contributed by atoms with Gasteiger partial charge in [-0.2, -0.15) is 0 Å². The highest BCUT2D eigenvalue weighted by molar-refractivity contribution is 5.39. The van der Waals surface area contributed by atoms with E-state index in [1.807, 2.05) is 0 Å². The number of hydrogen-bond donors (Lipinski definition) is 1. The number of rotatable bonds is 4. The molecule has 1 aromatic rings. The van der Waals surface area contributed by atoms with Crippen molar-refractivity contribution >= 4 is 5.82 Å². The van der Waals surface area contributed by atoms with Gasteiger partial charge in [0, 0.05) is 30.9 Å². The Morgan fingerprint density at radius 1 is 1.39 bits per heavy atom. The summed E-state index contributed by atoms with van der Waals surface area (Å²) in [7, 11) is 0. The topological polar surface area (TPSA) is 55.0 Å². The van der Waals surface area contributed by atoms with Gasteiger partial charge in [0.2, 0.25) is 0 Å². The molecule has 1 unspecified atom stereocenters. The number of aromatic nitrogens is 2. The summed E-state index contributed by atoms with van der Waals surface area (Å²) < 4.78 is 0. The molecule has 18 heavy (non-hydrogen) atoms. The number of aryl methyl sites for hydroxylation is 1. The van der Waals surface area contributed by atoms with Crippen molar-refractivity contribution < 1.29 is 0 Å². The van der Waals surface area contributed by atoms with Crippen LogP contribution in [0.3, 0.4) is 0 Å². The Bertz CT molecular complexity index is 370. The van der Waals surface area contributed by atoms with Gasteiger partial charge in [0.05, 0.1) is 0 Å². The maximum atomic E-state index is 5.97. The van der Waals surface area contributed by atoms with E-state index in [1.165, 1.54) is 12.8 Å². The van der Waals surface area contributed by atoms with E-state index in [9.17, 15) is 0 Å². The van der Waals surface area contributed by atoms with Gasteiger partial charge in [-0.05, 0) is 32.1 Å². The van der Waals surface area contributed by atoms with Gasteiger partial charge in [-0.1, -0.05) is 13.3 Å². The quantitative estimate of drug-likeness (QED) is 0.885. The number of hydrogen-bond acceptors (Lipinski definition) is 4. The average molecular weight is 248 g/mol. The zero-order valence-corrected chi connectivity index (χ0v) is 11.5. The molecule has 0 amide bonds. The average Bonchev–Trinajstić information content (AvgIpc) is 2.39. The fourth-order valence-corrected chi connectivity index (χ4v) is 2.61. The highest BCUT2D eigenvalue weighted by Gasteiger charge is 2.22. The van der Waals surface area contributed by atoms with Crippen molar-refractivity contribution in [3.63, 3.8) is 0 Å².